The summed E-state index contributed by atoms with van der Waals surface area (Å²) in [5.41, 5.74) is 5.77. The minimum atomic E-state index is -0.751. The number of likely N-dealkylation sites (tertiary alicyclic amines) is 1. The van der Waals surface area contributed by atoms with Crippen LogP contribution in [-0.2, 0) is 19.1 Å². The van der Waals surface area contributed by atoms with Crippen LogP contribution in [0.3, 0.4) is 0 Å². The van der Waals surface area contributed by atoms with Crippen molar-refractivity contribution in [1.82, 2.24) is 4.90 Å². The number of Topliss-reactive ketones (excluding diaryl/α,β-unsaturated/α-hetero) is 1. The Morgan fingerprint density at radius 1 is 1.14 bits per heavy atom. The molecule has 0 aliphatic carbocycles. The molecule has 28 heavy (non-hydrogen) atoms. The molecular weight excluding hydrogens is 368 g/mol. The zero-order valence-electron chi connectivity index (χ0n) is 15.9. The predicted octanol–water partition coefficient (Wildman–Crippen LogP) is 0.686. The van der Waals surface area contributed by atoms with Crippen LogP contribution in [0.2, 0.25) is 0 Å². The van der Waals surface area contributed by atoms with Gasteiger partial charge in [-0.1, -0.05) is 0 Å². The van der Waals surface area contributed by atoms with Gasteiger partial charge in [0.2, 0.25) is 5.91 Å². The van der Waals surface area contributed by atoms with E-state index in [1.807, 2.05) is 0 Å². The number of methoxy groups -OCH3 is 1. The van der Waals surface area contributed by atoms with E-state index in [9.17, 15) is 19.2 Å². The number of hydrogen-bond acceptors (Lipinski definition) is 7. The van der Waals surface area contributed by atoms with Gasteiger partial charge >= 0.3 is 5.97 Å². The Labute approximate surface area is 162 Å². The van der Waals surface area contributed by atoms with E-state index in [1.165, 1.54) is 31.1 Å². The smallest absolute Gasteiger partial charge is 0.344 e. The van der Waals surface area contributed by atoms with Crippen molar-refractivity contribution in [2.75, 3.05) is 26.9 Å². The molecule has 2 N–H and O–H groups in total. The van der Waals surface area contributed by atoms with Crippen molar-refractivity contribution in [3.05, 3.63) is 23.8 Å². The Hall–Kier alpha value is -3.10. The highest BCUT2D eigenvalue weighted by Crippen LogP contribution is 2.28. The maximum Gasteiger partial charge on any atom is 0.344 e. The third-order valence-corrected chi connectivity index (χ3v) is 4.42. The summed E-state index contributed by atoms with van der Waals surface area (Å²) in [6, 6.07) is 3.90. The van der Waals surface area contributed by atoms with E-state index in [2.05, 4.69) is 0 Å². The molecule has 2 rings (SSSR count). The second kappa shape index (κ2) is 9.72. The third kappa shape index (κ3) is 5.45. The fourth-order valence-corrected chi connectivity index (χ4v) is 2.94. The normalized spacial score (nSPS) is 16.2. The molecule has 9 nitrogen and oxygen atoms in total. The van der Waals surface area contributed by atoms with Gasteiger partial charge in [0.25, 0.3) is 5.91 Å². The number of amides is 2. The summed E-state index contributed by atoms with van der Waals surface area (Å²) in [7, 11) is 1.41. The van der Waals surface area contributed by atoms with E-state index in [1.54, 1.807) is 6.07 Å². The van der Waals surface area contributed by atoms with E-state index in [-0.39, 0.29) is 11.5 Å². The topological polar surface area (TPSA) is 125 Å². The van der Waals surface area contributed by atoms with Crippen molar-refractivity contribution in [3.63, 3.8) is 0 Å². The van der Waals surface area contributed by atoms with Crippen molar-refractivity contribution < 1.29 is 33.4 Å². The van der Waals surface area contributed by atoms with E-state index in [0.717, 1.165) is 12.8 Å². The van der Waals surface area contributed by atoms with Crippen molar-refractivity contribution >= 4 is 23.6 Å². The van der Waals surface area contributed by atoms with Crippen LogP contribution in [0.25, 0.3) is 0 Å². The zero-order chi connectivity index (χ0) is 20.7. The molecule has 0 bridgehead atoms. The lowest BCUT2D eigenvalue weighted by atomic mass is 10.0. The Kier molecular flexibility index (Phi) is 7.36. The molecule has 1 saturated heterocycles. The van der Waals surface area contributed by atoms with Crippen molar-refractivity contribution in [1.29, 1.82) is 0 Å². The minimum absolute atomic E-state index is 0.130. The fraction of sp³-hybridized carbons (Fsp3) is 0.474. The molecule has 1 aromatic carbocycles. The van der Waals surface area contributed by atoms with Crippen LogP contribution in [0.5, 0.6) is 11.5 Å². The van der Waals surface area contributed by atoms with Crippen molar-refractivity contribution in [3.8, 4) is 11.5 Å². The molecule has 152 valence electrons. The monoisotopic (exact) mass is 392 g/mol. The summed E-state index contributed by atoms with van der Waals surface area (Å²) < 4.78 is 15.4. The Morgan fingerprint density at radius 2 is 1.89 bits per heavy atom. The number of rotatable bonds is 8. The van der Waals surface area contributed by atoms with Gasteiger partial charge in [-0.2, -0.15) is 0 Å². The number of benzene rings is 1. The maximum absolute atomic E-state index is 12.2. The summed E-state index contributed by atoms with van der Waals surface area (Å²) in [6.45, 7) is 0.893. The first-order chi connectivity index (χ1) is 13.3. The molecule has 1 fully saturated rings. The van der Waals surface area contributed by atoms with Gasteiger partial charge in [0, 0.05) is 12.1 Å². The minimum Gasteiger partial charge on any atom is -0.493 e. The molecule has 0 radical (unpaired) electrons. The lowest BCUT2D eigenvalue weighted by Crippen LogP contribution is -2.51. The van der Waals surface area contributed by atoms with Gasteiger partial charge < -0.3 is 24.8 Å². The molecular formula is C19H24N2O7. The van der Waals surface area contributed by atoms with Crippen LogP contribution >= 0.6 is 0 Å². The van der Waals surface area contributed by atoms with Gasteiger partial charge in [0.1, 0.15) is 6.04 Å². The van der Waals surface area contributed by atoms with Gasteiger partial charge in [-0.25, -0.2) is 4.79 Å². The molecule has 2 amide bonds. The summed E-state index contributed by atoms with van der Waals surface area (Å²) in [4.78, 5) is 48.3. The van der Waals surface area contributed by atoms with Crippen LogP contribution in [-0.4, -0.2) is 61.4 Å². The molecule has 1 aliphatic heterocycles. The average Bonchev–Trinajstić information content (AvgIpc) is 2.70. The lowest BCUT2D eigenvalue weighted by molar-refractivity contribution is -0.156. The number of nitrogens with zero attached hydrogens (tertiary/aromatic N) is 1. The predicted molar refractivity (Wildman–Crippen MR) is 98.0 cm³/mol. The van der Waals surface area contributed by atoms with Gasteiger partial charge in [-0.05, 0) is 44.4 Å². The molecule has 1 aliphatic rings. The Balaban J connectivity index is 1.86. The first-order valence-electron chi connectivity index (χ1n) is 8.89. The number of hydrogen-bond donors (Lipinski definition) is 1. The standard InChI is InChI=1S/C19H24N2O7/c1-12(22)13-6-7-15(16(9-13)26-2)27-11-18(24)28-10-17(23)21-8-4-3-5-14(21)19(20)25/h6-7,9,14H,3-5,8,10-11H2,1-2H3,(H2,20,25)/t14-/m1/s1. The number of piperidine rings is 1. The first kappa shape index (κ1) is 21.2. The number of carbonyl (C=O) groups is 4. The number of nitrogens with two attached hydrogens (primary N) is 1. The van der Waals surface area contributed by atoms with Crippen LogP contribution < -0.4 is 15.2 Å². The molecule has 1 atom stereocenters. The van der Waals surface area contributed by atoms with Gasteiger partial charge in [0.15, 0.2) is 30.5 Å². The van der Waals surface area contributed by atoms with Crippen LogP contribution in [0.4, 0.5) is 0 Å². The van der Waals surface area contributed by atoms with Crippen molar-refractivity contribution in [2.24, 2.45) is 5.73 Å². The van der Waals surface area contributed by atoms with E-state index < -0.39 is 37.0 Å². The number of ether oxygens (including phenoxy) is 3. The lowest BCUT2D eigenvalue weighted by Gasteiger charge is -2.33. The average molecular weight is 392 g/mol. The van der Waals surface area contributed by atoms with E-state index in [0.29, 0.717) is 24.3 Å². The van der Waals surface area contributed by atoms with Crippen LogP contribution in [0, 0.1) is 0 Å². The number of carbonyl (C=O) groups excluding carboxylic acids is 4. The maximum atomic E-state index is 12.2. The number of primary amides is 1. The largest absolute Gasteiger partial charge is 0.493 e. The molecule has 1 heterocycles. The quantitative estimate of drug-likeness (QED) is 0.509. The zero-order valence-corrected chi connectivity index (χ0v) is 15.9. The van der Waals surface area contributed by atoms with Crippen LogP contribution in [0.15, 0.2) is 18.2 Å². The fourth-order valence-electron chi connectivity index (χ4n) is 2.94. The summed E-state index contributed by atoms with van der Waals surface area (Å²) in [5.74, 6) is -1.35. The summed E-state index contributed by atoms with van der Waals surface area (Å²) >= 11 is 0. The molecule has 0 aromatic heterocycles. The second-order valence-corrected chi connectivity index (χ2v) is 6.37. The van der Waals surface area contributed by atoms with E-state index >= 15 is 0 Å². The number of esters is 1. The highest BCUT2D eigenvalue weighted by molar-refractivity contribution is 5.94. The van der Waals surface area contributed by atoms with Gasteiger partial charge in [-0.3, -0.25) is 14.4 Å². The third-order valence-electron chi connectivity index (χ3n) is 4.42. The van der Waals surface area contributed by atoms with E-state index in [4.69, 9.17) is 19.9 Å². The van der Waals surface area contributed by atoms with Gasteiger partial charge in [0.05, 0.1) is 7.11 Å². The van der Waals surface area contributed by atoms with Gasteiger partial charge in [-0.15, -0.1) is 0 Å². The highest BCUT2D eigenvalue weighted by Gasteiger charge is 2.31. The first-order valence-corrected chi connectivity index (χ1v) is 8.89. The Bertz CT molecular complexity index is 763. The second-order valence-electron chi connectivity index (χ2n) is 6.37. The molecule has 1 aromatic rings. The summed E-state index contributed by atoms with van der Waals surface area (Å²) in [6.07, 6.45) is 2.09. The molecule has 9 heteroatoms. The summed E-state index contributed by atoms with van der Waals surface area (Å²) in [5, 5.41) is 0. The SMILES string of the molecule is COc1cc(C(C)=O)ccc1OCC(=O)OCC(=O)N1CCCC[C@@H]1C(N)=O. The molecule has 0 unspecified atom stereocenters. The molecule has 0 spiro atoms. The highest BCUT2D eigenvalue weighted by atomic mass is 16.6. The van der Waals surface area contributed by atoms with Crippen molar-refractivity contribution in [2.45, 2.75) is 32.2 Å². The molecule has 0 saturated carbocycles. The Morgan fingerprint density at radius 3 is 2.54 bits per heavy atom. The van der Waals surface area contributed by atoms with Crippen LogP contribution in [0.1, 0.15) is 36.5 Å². The number of ketones is 1.